The normalized spacial score (nSPS) is 18.0. The van der Waals surface area contributed by atoms with Crippen molar-refractivity contribution in [2.45, 2.75) is 51.1 Å². The van der Waals surface area contributed by atoms with Crippen LogP contribution in [0.2, 0.25) is 0 Å². The zero-order chi connectivity index (χ0) is 16.2. The maximum Gasteiger partial charge on any atom is 0.289 e. The Hall–Kier alpha value is -1.53. The van der Waals surface area contributed by atoms with E-state index in [9.17, 15) is 9.59 Å². The molecule has 1 aromatic rings. The van der Waals surface area contributed by atoms with Gasteiger partial charge in [0, 0.05) is 19.1 Å². The number of nitrogens with two attached hydrogens (primary N) is 1. The Kier molecular flexibility index (Phi) is 7.09. The fourth-order valence-corrected chi connectivity index (χ4v) is 2.77. The van der Waals surface area contributed by atoms with Crippen LogP contribution in [0.4, 0.5) is 0 Å². The van der Waals surface area contributed by atoms with E-state index in [1.54, 1.807) is 24.0 Å². The molecule has 0 aliphatic carbocycles. The van der Waals surface area contributed by atoms with Crippen molar-refractivity contribution in [3.05, 3.63) is 24.2 Å². The highest BCUT2D eigenvalue weighted by atomic mass is 35.5. The Morgan fingerprint density at radius 2 is 2.09 bits per heavy atom. The first-order valence-corrected chi connectivity index (χ1v) is 7.86. The van der Waals surface area contributed by atoms with Crippen molar-refractivity contribution in [2.24, 2.45) is 5.73 Å². The molecule has 1 atom stereocenters. The van der Waals surface area contributed by atoms with Crippen molar-refractivity contribution >= 4 is 24.2 Å². The number of hydrogen-bond donors (Lipinski definition) is 2. The topological polar surface area (TPSA) is 88.6 Å². The van der Waals surface area contributed by atoms with E-state index >= 15 is 0 Å². The summed E-state index contributed by atoms with van der Waals surface area (Å²) >= 11 is 0. The fourth-order valence-electron chi connectivity index (χ4n) is 2.77. The SMILES string of the molecule is CCCC(C)(N)C(=O)NC1CCN(C(=O)c2ccco2)CC1.Cl. The highest BCUT2D eigenvalue weighted by Crippen LogP contribution is 2.16. The summed E-state index contributed by atoms with van der Waals surface area (Å²) in [6.07, 6.45) is 4.50. The van der Waals surface area contributed by atoms with E-state index in [1.807, 2.05) is 6.92 Å². The fraction of sp³-hybridized carbons (Fsp3) is 0.625. The monoisotopic (exact) mass is 343 g/mol. The standard InChI is InChI=1S/C16H25N3O3.ClH/c1-3-8-16(2,17)15(21)18-12-6-9-19(10-7-12)14(20)13-5-4-11-22-13;/h4-5,11-12H,3,6-10,17H2,1-2H3,(H,18,21);1H. The first kappa shape index (κ1) is 19.5. The molecule has 1 fully saturated rings. The molecule has 0 saturated carbocycles. The Labute approximate surface area is 143 Å². The molecule has 23 heavy (non-hydrogen) atoms. The van der Waals surface area contributed by atoms with Crippen LogP contribution in [-0.4, -0.2) is 41.4 Å². The Balaban J connectivity index is 0.00000264. The van der Waals surface area contributed by atoms with Crippen LogP contribution in [0.15, 0.2) is 22.8 Å². The van der Waals surface area contributed by atoms with Crippen LogP contribution in [-0.2, 0) is 4.79 Å². The molecular weight excluding hydrogens is 318 g/mol. The van der Waals surface area contributed by atoms with Crippen molar-refractivity contribution in [2.75, 3.05) is 13.1 Å². The molecular formula is C16H26ClN3O3. The number of rotatable bonds is 5. The lowest BCUT2D eigenvalue weighted by Gasteiger charge is -2.34. The van der Waals surface area contributed by atoms with Gasteiger partial charge in [-0.3, -0.25) is 9.59 Å². The molecule has 7 heteroatoms. The second-order valence-corrected chi connectivity index (χ2v) is 6.18. The number of piperidine rings is 1. The van der Waals surface area contributed by atoms with E-state index in [0.717, 1.165) is 19.3 Å². The van der Waals surface area contributed by atoms with Crippen LogP contribution >= 0.6 is 12.4 Å². The molecule has 1 saturated heterocycles. The quantitative estimate of drug-likeness (QED) is 0.855. The zero-order valence-electron chi connectivity index (χ0n) is 13.7. The first-order chi connectivity index (χ1) is 10.4. The predicted molar refractivity (Wildman–Crippen MR) is 90.5 cm³/mol. The number of carbonyl (C=O) groups is 2. The minimum Gasteiger partial charge on any atom is -0.459 e. The molecule has 2 heterocycles. The van der Waals surface area contributed by atoms with Gasteiger partial charge in [-0.25, -0.2) is 0 Å². The summed E-state index contributed by atoms with van der Waals surface area (Å²) in [5.74, 6) is 0.162. The van der Waals surface area contributed by atoms with Gasteiger partial charge in [0.05, 0.1) is 11.8 Å². The maximum absolute atomic E-state index is 12.2. The minimum absolute atomic E-state index is 0. The van der Waals surface area contributed by atoms with Gasteiger partial charge in [-0.1, -0.05) is 13.3 Å². The third-order valence-electron chi connectivity index (χ3n) is 4.14. The summed E-state index contributed by atoms with van der Waals surface area (Å²) in [6.45, 7) is 5.00. The highest BCUT2D eigenvalue weighted by Gasteiger charge is 2.31. The second kappa shape index (κ2) is 8.36. The predicted octanol–water partition coefficient (Wildman–Crippen LogP) is 1.94. The van der Waals surface area contributed by atoms with Crippen molar-refractivity contribution in [1.82, 2.24) is 10.2 Å². The third kappa shape index (κ3) is 4.97. The van der Waals surface area contributed by atoms with Gasteiger partial charge in [-0.15, -0.1) is 12.4 Å². The summed E-state index contributed by atoms with van der Waals surface area (Å²) in [6, 6.07) is 3.45. The average Bonchev–Trinajstić information content (AvgIpc) is 3.01. The van der Waals surface area contributed by atoms with Crippen LogP contribution in [0, 0.1) is 0 Å². The lowest BCUT2D eigenvalue weighted by molar-refractivity contribution is -0.127. The first-order valence-electron chi connectivity index (χ1n) is 7.86. The van der Waals surface area contributed by atoms with Crippen molar-refractivity contribution in [1.29, 1.82) is 0 Å². The third-order valence-corrected chi connectivity index (χ3v) is 4.14. The van der Waals surface area contributed by atoms with Gasteiger partial charge in [0.25, 0.3) is 5.91 Å². The number of amides is 2. The summed E-state index contributed by atoms with van der Waals surface area (Å²) in [5, 5.41) is 3.01. The van der Waals surface area contributed by atoms with Gasteiger partial charge < -0.3 is 20.4 Å². The molecule has 2 amide bonds. The summed E-state index contributed by atoms with van der Waals surface area (Å²) in [7, 11) is 0. The van der Waals surface area contributed by atoms with E-state index in [0.29, 0.717) is 25.3 Å². The number of furan rings is 1. The van der Waals surface area contributed by atoms with Crippen LogP contribution in [0.25, 0.3) is 0 Å². The van der Waals surface area contributed by atoms with Crippen LogP contribution in [0.5, 0.6) is 0 Å². The molecule has 1 unspecified atom stereocenters. The van der Waals surface area contributed by atoms with Gasteiger partial charge in [-0.2, -0.15) is 0 Å². The van der Waals surface area contributed by atoms with Crippen LogP contribution in [0.3, 0.4) is 0 Å². The second-order valence-electron chi connectivity index (χ2n) is 6.18. The lowest BCUT2D eigenvalue weighted by atomic mass is 9.95. The molecule has 1 aromatic heterocycles. The maximum atomic E-state index is 12.2. The molecule has 3 N–H and O–H groups in total. The van der Waals surface area contributed by atoms with E-state index in [2.05, 4.69) is 5.32 Å². The van der Waals surface area contributed by atoms with E-state index in [1.165, 1.54) is 6.26 Å². The lowest BCUT2D eigenvalue weighted by Crippen LogP contribution is -2.56. The number of hydrogen-bond acceptors (Lipinski definition) is 4. The largest absolute Gasteiger partial charge is 0.459 e. The van der Waals surface area contributed by atoms with Crippen LogP contribution in [0.1, 0.15) is 50.1 Å². The number of likely N-dealkylation sites (tertiary alicyclic amines) is 1. The molecule has 1 aliphatic heterocycles. The summed E-state index contributed by atoms with van der Waals surface area (Å²) < 4.78 is 5.13. The number of halogens is 1. The summed E-state index contributed by atoms with van der Waals surface area (Å²) in [5.41, 5.74) is 5.22. The van der Waals surface area contributed by atoms with Gasteiger partial charge in [0.1, 0.15) is 0 Å². The number of nitrogens with one attached hydrogen (secondary N) is 1. The highest BCUT2D eigenvalue weighted by molar-refractivity contribution is 5.91. The van der Waals surface area contributed by atoms with Gasteiger partial charge in [-0.05, 0) is 38.3 Å². The molecule has 1 aliphatic rings. The molecule has 0 radical (unpaired) electrons. The smallest absolute Gasteiger partial charge is 0.289 e. The van der Waals surface area contributed by atoms with E-state index in [4.69, 9.17) is 10.2 Å². The number of carbonyl (C=O) groups excluding carboxylic acids is 2. The van der Waals surface area contributed by atoms with Gasteiger partial charge in [0.2, 0.25) is 5.91 Å². The van der Waals surface area contributed by atoms with Crippen molar-refractivity contribution < 1.29 is 14.0 Å². The van der Waals surface area contributed by atoms with Crippen molar-refractivity contribution in [3.8, 4) is 0 Å². The molecule has 0 bridgehead atoms. The summed E-state index contributed by atoms with van der Waals surface area (Å²) in [4.78, 5) is 26.1. The Morgan fingerprint density at radius 1 is 1.43 bits per heavy atom. The van der Waals surface area contributed by atoms with Gasteiger partial charge in [0.15, 0.2) is 5.76 Å². The molecule has 6 nitrogen and oxygen atoms in total. The van der Waals surface area contributed by atoms with E-state index < -0.39 is 5.54 Å². The Bertz CT molecular complexity index is 509. The van der Waals surface area contributed by atoms with E-state index in [-0.39, 0.29) is 30.3 Å². The average molecular weight is 344 g/mol. The molecule has 130 valence electrons. The van der Waals surface area contributed by atoms with Gasteiger partial charge >= 0.3 is 0 Å². The number of nitrogens with zero attached hydrogens (tertiary/aromatic N) is 1. The zero-order valence-corrected chi connectivity index (χ0v) is 14.5. The molecule has 0 aromatic carbocycles. The van der Waals surface area contributed by atoms with Crippen molar-refractivity contribution in [3.63, 3.8) is 0 Å². The minimum atomic E-state index is -0.824. The molecule has 0 spiro atoms. The van der Waals surface area contributed by atoms with Crippen LogP contribution < -0.4 is 11.1 Å². The molecule has 2 rings (SSSR count). The Morgan fingerprint density at radius 3 is 2.61 bits per heavy atom.